The van der Waals surface area contributed by atoms with Gasteiger partial charge in [-0.15, -0.1) is 0 Å². The van der Waals surface area contributed by atoms with Gasteiger partial charge in [0, 0.05) is 18.3 Å². The topological polar surface area (TPSA) is 64.2 Å². The molecule has 3 rings (SSSR count). The summed E-state index contributed by atoms with van der Waals surface area (Å²) in [5.74, 6) is -0.681. The molecule has 0 aliphatic heterocycles. The van der Waals surface area contributed by atoms with E-state index in [0.717, 1.165) is 11.3 Å². The highest BCUT2D eigenvalue weighted by Crippen LogP contribution is 2.17. The molecule has 0 unspecified atom stereocenters. The third-order valence-electron chi connectivity index (χ3n) is 3.45. The van der Waals surface area contributed by atoms with Crippen molar-refractivity contribution >= 4 is 22.7 Å². The number of benzene rings is 2. The normalized spacial score (nSPS) is 10.8. The molecule has 0 atom stereocenters. The Morgan fingerprint density at radius 2 is 1.95 bits per heavy atom. The molecule has 0 radical (unpaired) electrons. The van der Waals surface area contributed by atoms with E-state index in [1.54, 1.807) is 25.2 Å². The number of nitrogens with zero attached hydrogens (tertiary/aromatic N) is 1. The van der Waals surface area contributed by atoms with Crippen LogP contribution in [0.3, 0.4) is 0 Å². The Morgan fingerprint density at radius 1 is 1.19 bits per heavy atom. The quantitative estimate of drug-likeness (QED) is 0.786. The Labute approximate surface area is 120 Å². The van der Waals surface area contributed by atoms with Gasteiger partial charge in [-0.25, -0.2) is 4.79 Å². The van der Waals surface area contributed by atoms with Crippen molar-refractivity contribution in [1.29, 1.82) is 0 Å². The summed E-state index contributed by atoms with van der Waals surface area (Å²) in [6.07, 6.45) is 0. The predicted octanol–water partition coefficient (Wildman–Crippen LogP) is 2.69. The first-order chi connectivity index (χ1) is 10.1. The summed E-state index contributed by atoms with van der Waals surface area (Å²) in [5, 5.41) is 2.85. The molecule has 0 fully saturated rings. The van der Waals surface area contributed by atoms with Crippen molar-refractivity contribution in [2.24, 2.45) is 7.05 Å². The predicted molar refractivity (Wildman–Crippen MR) is 80.6 cm³/mol. The molecule has 0 saturated carbocycles. The zero-order valence-corrected chi connectivity index (χ0v) is 11.7. The summed E-state index contributed by atoms with van der Waals surface area (Å²) in [4.78, 5) is 23.7. The largest absolute Gasteiger partial charge is 0.419 e. The molecule has 1 heterocycles. The van der Waals surface area contributed by atoms with Gasteiger partial charge in [0.05, 0.1) is 5.52 Å². The fourth-order valence-electron chi connectivity index (χ4n) is 2.18. The average molecular weight is 282 g/mol. The maximum absolute atomic E-state index is 12.3. The van der Waals surface area contributed by atoms with Crippen LogP contribution in [0.1, 0.15) is 15.9 Å². The zero-order chi connectivity index (χ0) is 15.0. The number of hydrogen-bond donors (Lipinski definition) is 1. The fourth-order valence-corrected chi connectivity index (χ4v) is 2.18. The minimum atomic E-state index is -0.443. The Kier molecular flexibility index (Phi) is 3.10. The van der Waals surface area contributed by atoms with Crippen molar-refractivity contribution in [3.8, 4) is 0 Å². The number of para-hydroxylation sites is 1. The van der Waals surface area contributed by atoms with Crippen molar-refractivity contribution in [3.05, 3.63) is 64.1 Å². The molecule has 0 saturated heterocycles. The van der Waals surface area contributed by atoms with E-state index in [9.17, 15) is 9.59 Å². The molecular formula is C16H14N2O3. The van der Waals surface area contributed by atoms with E-state index >= 15 is 0 Å². The molecule has 1 aromatic heterocycles. The van der Waals surface area contributed by atoms with Gasteiger partial charge in [-0.3, -0.25) is 9.36 Å². The summed E-state index contributed by atoms with van der Waals surface area (Å²) in [5.41, 5.74) is 3.25. The first kappa shape index (κ1) is 13.2. The fraction of sp³-hybridized carbons (Fsp3) is 0.125. The van der Waals surface area contributed by atoms with Crippen LogP contribution in [0.15, 0.2) is 51.7 Å². The molecule has 0 aliphatic rings. The van der Waals surface area contributed by atoms with Crippen LogP contribution in [-0.4, -0.2) is 10.5 Å². The number of aryl methyl sites for hydroxylation is 2. The van der Waals surface area contributed by atoms with Gasteiger partial charge in [-0.1, -0.05) is 18.2 Å². The lowest BCUT2D eigenvalue weighted by atomic mass is 10.1. The highest BCUT2D eigenvalue weighted by atomic mass is 16.4. The molecule has 0 aliphatic carbocycles. The lowest BCUT2D eigenvalue weighted by Crippen LogP contribution is -2.12. The van der Waals surface area contributed by atoms with E-state index in [1.165, 1.54) is 4.57 Å². The van der Waals surface area contributed by atoms with Gasteiger partial charge < -0.3 is 9.73 Å². The zero-order valence-electron chi connectivity index (χ0n) is 11.7. The standard InChI is InChI=1S/C16H14N2O3/c1-10-5-3-4-6-12(10)17-15(19)11-7-8-13-14(9-11)21-16(20)18(13)2/h3-9H,1-2H3,(H,17,19). The lowest BCUT2D eigenvalue weighted by Gasteiger charge is -2.07. The van der Waals surface area contributed by atoms with Gasteiger partial charge in [0.15, 0.2) is 5.58 Å². The molecular weight excluding hydrogens is 268 g/mol. The number of anilines is 1. The second-order valence-electron chi connectivity index (χ2n) is 4.88. The van der Waals surface area contributed by atoms with E-state index in [4.69, 9.17) is 4.42 Å². The third kappa shape index (κ3) is 2.33. The number of carbonyl (C=O) groups is 1. The van der Waals surface area contributed by atoms with Gasteiger partial charge >= 0.3 is 5.76 Å². The van der Waals surface area contributed by atoms with Crippen LogP contribution in [-0.2, 0) is 7.05 Å². The van der Waals surface area contributed by atoms with E-state index in [1.807, 2.05) is 31.2 Å². The number of hydrogen-bond acceptors (Lipinski definition) is 3. The molecule has 3 aromatic rings. The summed E-state index contributed by atoms with van der Waals surface area (Å²) in [6.45, 7) is 1.93. The summed E-state index contributed by atoms with van der Waals surface area (Å²) in [7, 11) is 1.63. The number of fused-ring (bicyclic) bond motifs is 1. The number of amides is 1. The van der Waals surface area contributed by atoms with Crippen LogP contribution in [0.4, 0.5) is 5.69 Å². The Balaban J connectivity index is 1.95. The SMILES string of the molecule is Cc1ccccc1NC(=O)c1ccc2c(c1)oc(=O)n2C. The van der Waals surface area contributed by atoms with E-state index in [2.05, 4.69) is 5.32 Å². The second kappa shape index (κ2) is 4.94. The van der Waals surface area contributed by atoms with Gasteiger partial charge in [-0.2, -0.15) is 0 Å². The van der Waals surface area contributed by atoms with Crippen LogP contribution < -0.4 is 11.1 Å². The first-order valence-corrected chi connectivity index (χ1v) is 6.53. The summed E-state index contributed by atoms with van der Waals surface area (Å²) < 4.78 is 6.49. The smallest absolute Gasteiger partial charge is 0.408 e. The summed E-state index contributed by atoms with van der Waals surface area (Å²) >= 11 is 0. The average Bonchev–Trinajstić information content (AvgIpc) is 2.76. The lowest BCUT2D eigenvalue weighted by molar-refractivity contribution is 0.102. The molecule has 2 aromatic carbocycles. The molecule has 5 heteroatoms. The monoisotopic (exact) mass is 282 g/mol. The first-order valence-electron chi connectivity index (χ1n) is 6.53. The van der Waals surface area contributed by atoms with Crippen molar-refractivity contribution < 1.29 is 9.21 Å². The molecule has 106 valence electrons. The van der Waals surface area contributed by atoms with Crippen molar-refractivity contribution in [2.75, 3.05) is 5.32 Å². The van der Waals surface area contributed by atoms with Gasteiger partial charge in [0.2, 0.25) is 0 Å². The highest BCUT2D eigenvalue weighted by molar-refractivity contribution is 6.06. The number of oxazole rings is 1. The molecule has 1 amide bonds. The molecule has 5 nitrogen and oxygen atoms in total. The second-order valence-corrected chi connectivity index (χ2v) is 4.88. The van der Waals surface area contributed by atoms with Gasteiger partial charge in [0.25, 0.3) is 5.91 Å². The van der Waals surface area contributed by atoms with Crippen LogP contribution in [0.25, 0.3) is 11.1 Å². The van der Waals surface area contributed by atoms with Crippen molar-refractivity contribution in [3.63, 3.8) is 0 Å². The molecule has 1 N–H and O–H groups in total. The molecule has 0 spiro atoms. The maximum atomic E-state index is 12.3. The number of nitrogens with one attached hydrogen (secondary N) is 1. The van der Waals surface area contributed by atoms with E-state index in [0.29, 0.717) is 16.7 Å². The highest BCUT2D eigenvalue weighted by Gasteiger charge is 2.11. The van der Waals surface area contributed by atoms with Gasteiger partial charge in [0.1, 0.15) is 0 Å². The Bertz CT molecular complexity index is 890. The van der Waals surface area contributed by atoms with E-state index in [-0.39, 0.29) is 5.91 Å². The number of carbonyl (C=O) groups excluding carboxylic acids is 1. The number of aromatic nitrogens is 1. The Hall–Kier alpha value is -2.82. The minimum Gasteiger partial charge on any atom is -0.408 e. The van der Waals surface area contributed by atoms with Crippen LogP contribution >= 0.6 is 0 Å². The molecule has 21 heavy (non-hydrogen) atoms. The van der Waals surface area contributed by atoms with Gasteiger partial charge in [-0.05, 0) is 36.8 Å². The van der Waals surface area contributed by atoms with Crippen molar-refractivity contribution in [1.82, 2.24) is 4.57 Å². The number of rotatable bonds is 2. The van der Waals surface area contributed by atoms with Crippen LogP contribution in [0.5, 0.6) is 0 Å². The van der Waals surface area contributed by atoms with Crippen LogP contribution in [0.2, 0.25) is 0 Å². The maximum Gasteiger partial charge on any atom is 0.419 e. The van der Waals surface area contributed by atoms with Crippen LogP contribution in [0, 0.1) is 6.92 Å². The minimum absolute atomic E-state index is 0.238. The summed E-state index contributed by atoms with van der Waals surface area (Å²) in [6, 6.07) is 12.5. The van der Waals surface area contributed by atoms with E-state index < -0.39 is 5.76 Å². The Morgan fingerprint density at radius 3 is 2.71 bits per heavy atom. The van der Waals surface area contributed by atoms with Crippen molar-refractivity contribution in [2.45, 2.75) is 6.92 Å². The third-order valence-corrected chi connectivity index (χ3v) is 3.45. The molecule has 0 bridgehead atoms.